The van der Waals surface area contributed by atoms with Gasteiger partial charge < -0.3 is 5.73 Å². The summed E-state index contributed by atoms with van der Waals surface area (Å²) in [5.74, 6) is 0. The highest BCUT2D eigenvalue weighted by Gasteiger charge is 2.14. The molecule has 0 aliphatic rings. The van der Waals surface area contributed by atoms with Gasteiger partial charge in [0.25, 0.3) is 0 Å². The van der Waals surface area contributed by atoms with Crippen LogP contribution in [0.2, 0.25) is 0 Å². The molecule has 102 valence electrons. The van der Waals surface area contributed by atoms with Crippen LogP contribution >= 0.6 is 23.1 Å². The quantitative estimate of drug-likeness (QED) is 0.844. The monoisotopic (exact) mass is 315 g/mol. The van der Waals surface area contributed by atoms with E-state index >= 15 is 0 Å². The number of thiazole rings is 1. The minimum absolute atomic E-state index is 0.159. The molecule has 1 aromatic carbocycles. The fourth-order valence-electron chi connectivity index (χ4n) is 1.38. The molecule has 0 unspecified atom stereocenters. The molecule has 0 saturated heterocycles. The van der Waals surface area contributed by atoms with Crippen molar-refractivity contribution in [1.82, 2.24) is 9.71 Å². The molecule has 0 aliphatic heterocycles. The summed E-state index contributed by atoms with van der Waals surface area (Å²) in [7, 11) is -2.09. The van der Waals surface area contributed by atoms with Gasteiger partial charge in [-0.2, -0.15) is 0 Å². The number of anilines is 1. The zero-order chi connectivity index (χ0) is 14.0. The standard InChI is InChI=1S/C11H13N3O2S3/c1-7-6-17-11(14-7)18-10-4-3-8(5-9(10)12)19(15,16)13-2/h3-6,13H,12H2,1-2H3. The van der Waals surface area contributed by atoms with Crippen LogP contribution in [0.4, 0.5) is 5.69 Å². The molecule has 0 aliphatic carbocycles. The van der Waals surface area contributed by atoms with Gasteiger partial charge in [-0.15, -0.1) is 11.3 Å². The lowest BCUT2D eigenvalue weighted by Crippen LogP contribution is -2.18. The fraction of sp³-hybridized carbons (Fsp3) is 0.182. The van der Waals surface area contributed by atoms with Gasteiger partial charge in [-0.25, -0.2) is 18.1 Å². The Morgan fingerprint density at radius 3 is 2.68 bits per heavy atom. The minimum atomic E-state index is -3.46. The third-order valence-corrected chi connectivity index (χ3v) is 5.92. The molecule has 19 heavy (non-hydrogen) atoms. The molecule has 0 saturated carbocycles. The smallest absolute Gasteiger partial charge is 0.240 e. The third kappa shape index (κ3) is 3.27. The second-order valence-electron chi connectivity index (χ2n) is 3.76. The molecule has 0 atom stereocenters. The van der Waals surface area contributed by atoms with E-state index in [9.17, 15) is 8.42 Å². The Morgan fingerprint density at radius 2 is 2.16 bits per heavy atom. The first-order chi connectivity index (χ1) is 8.92. The molecule has 2 rings (SSSR count). The Labute approximate surface area is 120 Å². The number of aryl methyl sites for hydroxylation is 1. The average molecular weight is 315 g/mol. The number of nitrogens with zero attached hydrogens (tertiary/aromatic N) is 1. The molecule has 1 heterocycles. The Kier molecular flexibility index (Phi) is 4.14. The van der Waals surface area contributed by atoms with Crippen LogP contribution in [0.1, 0.15) is 5.69 Å². The lowest BCUT2D eigenvalue weighted by atomic mass is 10.3. The highest BCUT2D eigenvalue weighted by atomic mass is 32.2. The van der Waals surface area contributed by atoms with Gasteiger partial charge >= 0.3 is 0 Å². The Balaban J connectivity index is 2.30. The minimum Gasteiger partial charge on any atom is -0.398 e. The van der Waals surface area contributed by atoms with E-state index < -0.39 is 10.0 Å². The average Bonchev–Trinajstić information content (AvgIpc) is 2.77. The molecule has 0 amide bonds. The maximum Gasteiger partial charge on any atom is 0.240 e. The fourth-order valence-corrected chi connectivity index (χ4v) is 3.96. The molecule has 2 aromatic rings. The van der Waals surface area contributed by atoms with Crippen LogP contribution in [-0.4, -0.2) is 20.4 Å². The van der Waals surface area contributed by atoms with E-state index in [1.165, 1.54) is 42.3 Å². The molecular weight excluding hydrogens is 302 g/mol. The zero-order valence-electron chi connectivity index (χ0n) is 10.4. The molecule has 5 nitrogen and oxygen atoms in total. The van der Waals surface area contributed by atoms with Crippen molar-refractivity contribution >= 4 is 38.8 Å². The van der Waals surface area contributed by atoms with Crippen LogP contribution in [0.3, 0.4) is 0 Å². The van der Waals surface area contributed by atoms with Gasteiger partial charge in [0.05, 0.1) is 4.90 Å². The van der Waals surface area contributed by atoms with Crippen molar-refractivity contribution in [3.8, 4) is 0 Å². The van der Waals surface area contributed by atoms with Crippen molar-refractivity contribution in [2.45, 2.75) is 21.1 Å². The number of rotatable bonds is 4. The summed E-state index contributed by atoms with van der Waals surface area (Å²) >= 11 is 2.96. The highest BCUT2D eigenvalue weighted by molar-refractivity contribution is 8.01. The van der Waals surface area contributed by atoms with Crippen molar-refractivity contribution < 1.29 is 8.42 Å². The van der Waals surface area contributed by atoms with Crippen LogP contribution in [0, 0.1) is 6.92 Å². The molecule has 0 radical (unpaired) electrons. The van der Waals surface area contributed by atoms with E-state index in [-0.39, 0.29) is 4.90 Å². The summed E-state index contributed by atoms with van der Waals surface area (Å²) < 4.78 is 26.4. The summed E-state index contributed by atoms with van der Waals surface area (Å²) in [4.78, 5) is 5.28. The van der Waals surface area contributed by atoms with Gasteiger partial charge in [0, 0.05) is 21.7 Å². The first-order valence-electron chi connectivity index (χ1n) is 5.35. The molecule has 8 heteroatoms. The molecular formula is C11H13N3O2S3. The van der Waals surface area contributed by atoms with Gasteiger partial charge in [0.1, 0.15) is 0 Å². The summed E-state index contributed by atoms with van der Waals surface area (Å²) in [6.45, 7) is 1.92. The Hall–Kier alpha value is -1.09. The van der Waals surface area contributed by atoms with Crippen LogP contribution in [0.25, 0.3) is 0 Å². The lowest BCUT2D eigenvalue weighted by molar-refractivity contribution is 0.588. The zero-order valence-corrected chi connectivity index (χ0v) is 12.8. The first-order valence-corrected chi connectivity index (χ1v) is 8.53. The first kappa shape index (κ1) is 14.3. The van der Waals surface area contributed by atoms with E-state index in [1.807, 2.05) is 12.3 Å². The number of aromatic nitrogens is 1. The molecule has 3 N–H and O–H groups in total. The summed E-state index contributed by atoms with van der Waals surface area (Å²) in [5.41, 5.74) is 7.28. The van der Waals surface area contributed by atoms with Crippen LogP contribution in [-0.2, 0) is 10.0 Å². The van der Waals surface area contributed by atoms with Crippen LogP contribution < -0.4 is 10.5 Å². The lowest BCUT2D eigenvalue weighted by Gasteiger charge is -2.07. The van der Waals surface area contributed by atoms with Crippen molar-refractivity contribution in [1.29, 1.82) is 0 Å². The Morgan fingerprint density at radius 1 is 1.42 bits per heavy atom. The van der Waals surface area contributed by atoms with Gasteiger partial charge in [0.2, 0.25) is 10.0 Å². The highest BCUT2D eigenvalue weighted by Crippen LogP contribution is 2.34. The largest absolute Gasteiger partial charge is 0.398 e. The number of sulfonamides is 1. The number of nitrogen functional groups attached to an aromatic ring is 1. The van der Waals surface area contributed by atoms with Crippen molar-refractivity contribution in [3.63, 3.8) is 0 Å². The predicted octanol–water partition coefficient (Wildman–Crippen LogP) is 2.09. The molecule has 0 spiro atoms. The van der Waals surface area contributed by atoms with E-state index in [0.29, 0.717) is 5.69 Å². The molecule has 0 fully saturated rings. The Bertz CT molecular complexity index is 695. The maximum absolute atomic E-state index is 11.6. The number of nitrogens with two attached hydrogens (primary N) is 1. The van der Waals surface area contributed by atoms with Gasteiger partial charge in [0.15, 0.2) is 4.34 Å². The van der Waals surface area contributed by atoms with E-state index in [0.717, 1.165) is 14.9 Å². The molecule has 0 bridgehead atoms. The summed E-state index contributed by atoms with van der Waals surface area (Å²) in [6.07, 6.45) is 0. The predicted molar refractivity (Wildman–Crippen MR) is 78.1 cm³/mol. The SMILES string of the molecule is CNS(=O)(=O)c1ccc(Sc2nc(C)cs2)c(N)c1. The number of nitrogens with one attached hydrogen (secondary N) is 1. The van der Waals surface area contributed by atoms with Crippen molar-refractivity contribution in [2.24, 2.45) is 0 Å². The number of hydrogen-bond donors (Lipinski definition) is 2. The molecule has 1 aromatic heterocycles. The normalized spacial score (nSPS) is 11.7. The van der Waals surface area contributed by atoms with E-state index in [1.54, 1.807) is 6.07 Å². The van der Waals surface area contributed by atoms with Crippen LogP contribution in [0.5, 0.6) is 0 Å². The maximum atomic E-state index is 11.6. The third-order valence-electron chi connectivity index (χ3n) is 2.36. The van der Waals surface area contributed by atoms with Gasteiger partial charge in [-0.05, 0) is 32.2 Å². The van der Waals surface area contributed by atoms with Crippen molar-refractivity contribution in [2.75, 3.05) is 12.8 Å². The summed E-state index contributed by atoms with van der Waals surface area (Å²) in [5, 5.41) is 1.96. The topological polar surface area (TPSA) is 85.1 Å². The van der Waals surface area contributed by atoms with E-state index in [2.05, 4.69) is 9.71 Å². The second kappa shape index (κ2) is 5.49. The summed E-state index contributed by atoms with van der Waals surface area (Å²) in [6, 6.07) is 4.68. The number of hydrogen-bond acceptors (Lipinski definition) is 6. The van der Waals surface area contributed by atoms with Crippen LogP contribution in [0.15, 0.2) is 37.7 Å². The van der Waals surface area contributed by atoms with Gasteiger partial charge in [-0.1, -0.05) is 11.8 Å². The second-order valence-corrected chi connectivity index (χ2v) is 7.80. The van der Waals surface area contributed by atoms with Crippen molar-refractivity contribution in [3.05, 3.63) is 29.3 Å². The van der Waals surface area contributed by atoms with E-state index in [4.69, 9.17) is 5.73 Å². The van der Waals surface area contributed by atoms with Gasteiger partial charge in [-0.3, -0.25) is 0 Å². The number of benzene rings is 1.